The third-order valence-corrected chi connectivity index (χ3v) is 5.38. The van der Waals surface area contributed by atoms with Gasteiger partial charge in [0.05, 0.1) is 5.56 Å². The first-order valence-electron chi connectivity index (χ1n) is 8.92. The molecular formula is C18H28N4O. The molecule has 0 aromatic carbocycles. The van der Waals surface area contributed by atoms with Gasteiger partial charge in [0.1, 0.15) is 5.82 Å². The maximum absolute atomic E-state index is 11.8. The molecule has 0 radical (unpaired) electrons. The van der Waals surface area contributed by atoms with Gasteiger partial charge in [0, 0.05) is 25.8 Å². The van der Waals surface area contributed by atoms with Gasteiger partial charge in [-0.1, -0.05) is 0 Å². The number of piperidine rings is 1. The fourth-order valence-electron chi connectivity index (χ4n) is 3.91. The largest absolute Gasteiger partial charge is 0.357 e. The van der Waals surface area contributed by atoms with E-state index in [1.54, 1.807) is 6.20 Å². The van der Waals surface area contributed by atoms with Gasteiger partial charge in [-0.2, -0.15) is 0 Å². The summed E-state index contributed by atoms with van der Waals surface area (Å²) in [5, 5.41) is 6.29. The Hall–Kier alpha value is -1.62. The van der Waals surface area contributed by atoms with Crippen LogP contribution in [0.1, 0.15) is 49.4 Å². The molecule has 3 rings (SSSR count). The minimum absolute atomic E-state index is 0.0453. The number of nitrogens with zero attached hydrogens (tertiary/aromatic N) is 2. The van der Waals surface area contributed by atoms with Crippen LogP contribution in [0.25, 0.3) is 0 Å². The molecule has 23 heavy (non-hydrogen) atoms. The summed E-state index contributed by atoms with van der Waals surface area (Å²) in [5.41, 5.74) is 1.18. The molecule has 0 atom stereocenters. The van der Waals surface area contributed by atoms with E-state index in [0.717, 1.165) is 18.9 Å². The van der Waals surface area contributed by atoms with E-state index in [1.807, 2.05) is 19.1 Å². The lowest BCUT2D eigenvalue weighted by Crippen LogP contribution is -2.37. The number of hydrogen-bond donors (Lipinski definition) is 2. The number of hydrogen-bond acceptors (Lipinski definition) is 4. The molecule has 3 heterocycles. The quantitative estimate of drug-likeness (QED) is 0.897. The molecule has 2 aliphatic rings. The highest BCUT2D eigenvalue weighted by molar-refractivity contribution is 5.93. The molecular weight excluding hydrogens is 288 g/mol. The third kappa shape index (κ3) is 3.83. The zero-order chi connectivity index (χ0) is 16.1. The first-order chi connectivity index (χ1) is 11.2. The SMILES string of the molecule is CCNC(=O)c1ccc(N2CCCC3(CCNCC3)CC2)nc1. The van der Waals surface area contributed by atoms with Crippen molar-refractivity contribution >= 4 is 11.7 Å². The topological polar surface area (TPSA) is 57.3 Å². The molecule has 5 nitrogen and oxygen atoms in total. The van der Waals surface area contributed by atoms with E-state index < -0.39 is 0 Å². The summed E-state index contributed by atoms with van der Waals surface area (Å²) in [5.74, 6) is 0.958. The zero-order valence-electron chi connectivity index (χ0n) is 14.1. The minimum atomic E-state index is -0.0453. The van der Waals surface area contributed by atoms with Crippen molar-refractivity contribution in [3.8, 4) is 0 Å². The number of aromatic nitrogens is 1. The van der Waals surface area contributed by atoms with Crippen LogP contribution < -0.4 is 15.5 Å². The minimum Gasteiger partial charge on any atom is -0.357 e. The van der Waals surface area contributed by atoms with Gasteiger partial charge in [-0.25, -0.2) is 4.98 Å². The van der Waals surface area contributed by atoms with Crippen molar-refractivity contribution in [2.24, 2.45) is 5.41 Å². The third-order valence-electron chi connectivity index (χ3n) is 5.38. The maximum atomic E-state index is 11.8. The highest BCUT2D eigenvalue weighted by atomic mass is 16.1. The van der Waals surface area contributed by atoms with Crippen molar-refractivity contribution in [3.63, 3.8) is 0 Å². The molecule has 0 saturated carbocycles. The normalized spacial score (nSPS) is 21.0. The lowest BCUT2D eigenvalue weighted by molar-refractivity contribution is 0.0955. The summed E-state index contributed by atoms with van der Waals surface area (Å²) in [6, 6.07) is 3.88. The predicted octanol–water partition coefficient (Wildman–Crippen LogP) is 2.19. The molecule has 2 saturated heterocycles. The fraction of sp³-hybridized carbons (Fsp3) is 0.667. The number of pyridine rings is 1. The number of carbonyl (C=O) groups excluding carboxylic acids is 1. The van der Waals surface area contributed by atoms with Gasteiger partial charge in [0.2, 0.25) is 0 Å². The molecule has 0 unspecified atom stereocenters. The maximum Gasteiger partial charge on any atom is 0.252 e. The summed E-state index contributed by atoms with van der Waals surface area (Å²) in [6.45, 7) is 7.05. The van der Waals surface area contributed by atoms with Gasteiger partial charge in [0.15, 0.2) is 0 Å². The van der Waals surface area contributed by atoms with Gasteiger partial charge < -0.3 is 15.5 Å². The zero-order valence-corrected chi connectivity index (χ0v) is 14.1. The molecule has 2 aliphatic heterocycles. The molecule has 1 spiro atoms. The smallest absolute Gasteiger partial charge is 0.252 e. The van der Waals surface area contributed by atoms with E-state index in [0.29, 0.717) is 17.5 Å². The highest BCUT2D eigenvalue weighted by Gasteiger charge is 2.33. The van der Waals surface area contributed by atoms with Crippen LogP contribution >= 0.6 is 0 Å². The summed E-state index contributed by atoms with van der Waals surface area (Å²) >= 11 is 0. The second-order valence-corrected chi connectivity index (χ2v) is 6.86. The van der Waals surface area contributed by atoms with Crippen LogP contribution in [0.4, 0.5) is 5.82 Å². The lowest BCUT2D eigenvalue weighted by atomic mass is 9.73. The Morgan fingerprint density at radius 3 is 2.78 bits per heavy atom. The Kier molecular flexibility index (Phi) is 5.16. The molecule has 2 N–H and O–H groups in total. The molecule has 126 valence electrons. The summed E-state index contributed by atoms with van der Waals surface area (Å²) in [7, 11) is 0. The summed E-state index contributed by atoms with van der Waals surface area (Å²) in [4.78, 5) is 18.7. The Morgan fingerprint density at radius 2 is 2.09 bits per heavy atom. The van der Waals surface area contributed by atoms with Crippen LogP contribution in [0, 0.1) is 5.41 Å². The second kappa shape index (κ2) is 7.30. The van der Waals surface area contributed by atoms with Crippen molar-refractivity contribution in [1.29, 1.82) is 0 Å². The van der Waals surface area contributed by atoms with Crippen LogP contribution in [0.15, 0.2) is 18.3 Å². The second-order valence-electron chi connectivity index (χ2n) is 6.86. The van der Waals surface area contributed by atoms with Crippen LogP contribution in [-0.2, 0) is 0 Å². The first kappa shape index (κ1) is 16.2. The van der Waals surface area contributed by atoms with E-state index in [4.69, 9.17) is 0 Å². The Morgan fingerprint density at radius 1 is 1.26 bits per heavy atom. The average Bonchev–Trinajstić information content (AvgIpc) is 2.79. The molecule has 1 aromatic rings. The van der Waals surface area contributed by atoms with E-state index in [2.05, 4.69) is 20.5 Å². The molecule has 1 aromatic heterocycles. The molecule has 0 aliphatic carbocycles. The van der Waals surface area contributed by atoms with Crippen LogP contribution in [0.3, 0.4) is 0 Å². The summed E-state index contributed by atoms with van der Waals surface area (Å²) in [6.07, 6.45) is 8.15. The summed E-state index contributed by atoms with van der Waals surface area (Å²) < 4.78 is 0. The van der Waals surface area contributed by atoms with Crippen molar-refractivity contribution in [1.82, 2.24) is 15.6 Å². The van der Waals surface area contributed by atoms with Crippen molar-refractivity contribution < 1.29 is 4.79 Å². The van der Waals surface area contributed by atoms with E-state index in [-0.39, 0.29) is 5.91 Å². The standard InChI is InChI=1S/C18H28N4O/c1-2-20-17(23)15-4-5-16(21-14-15)22-12-3-6-18(9-13-22)7-10-19-11-8-18/h4-5,14,19H,2-3,6-13H2,1H3,(H,20,23). The van der Waals surface area contributed by atoms with Crippen LogP contribution in [0.2, 0.25) is 0 Å². The molecule has 1 amide bonds. The average molecular weight is 316 g/mol. The van der Waals surface area contributed by atoms with Crippen molar-refractivity contribution in [2.45, 2.75) is 39.0 Å². The number of anilines is 1. The Balaban J connectivity index is 1.64. The molecule has 0 bridgehead atoms. The van der Waals surface area contributed by atoms with E-state index in [9.17, 15) is 4.79 Å². The first-order valence-corrected chi connectivity index (χ1v) is 8.92. The highest BCUT2D eigenvalue weighted by Crippen LogP contribution is 2.39. The van der Waals surface area contributed by atoms with E-state index >= 15 is 0 Å². The van der Waals surface area contributed by atoms with Crippen molar-refractivity contribution in [3.05, 3.63) is 23.9 Å². The van der Waals surface area contributed by atoms with Gasteiger partial charge in [-0.3, -0.25) is 4.79 Å². The van der Waals surface area contributed by atoms with Gasteiger partial charge in [-0.15, -0.1) is 0 Å². The van der Waals surface area contributed by atoms with E-state index in [1.165, 1.54) is 45.2 Å². The predicted molar refractivity (Wildman–Crippen MR) is 92.8 cm³/mol. The number of nitrogens with one attached hydrogen (secondary N) is 2. The van der Waals surface area contributed by atoms with Gasteiger partial charge in [-0.05, 0) is 69.7 Å². The fourth-order valence-corrected chi connectivity index (χ4v) is 3.91. The lowest BCUT2D eigenvalue weighted by Gasteiger charge is -2.37. The molecule has 2 fully saturated rings. The Bertz CT molecular complexity index is 522. The van der Waals surface area contributed by atoms with Crippen LogP contribution in [0.5, 0.6) is 0 Å². The monoisotopic (exact) mass is 316 g/mol. The van der Waals surface area contributed by atoms with Gasteiger partial charge in [0.25, 0.3) is 5.91 Å². The van der Waals surface area contributed by atoms with Crippen molar-refractivity contribution in [2.75, 3.05) is 37.6 Å². The Labute approximate surface area is 138 Å². The van der Waals surface area contributed by atoms with Gasteiger partial charge >= 0.3 is 0 Å². The number of carbonyl (C=O) groups is 1. The number of rotatable bonds is 3. The molecule has 5 heteroatoms. The van der Waals surface area contributed by atoms with Crippen LogP contribution in [-0.4, -0.2) is 43.6 Å². The number of amides is 1.